The Kier molecular flexibility index (Phi) is 18.7. The van der Waals surface area contributed by atoms with Gasteiger partial charge in [0.25, 0.3) is 30.4 Å². The zero-order valence-corrected chi connectivity index (χ0v) is 43.2. The first kappa shape index (κ1) is 54.8. The van der Waals surface area contributed by atoms with Gasteiger partial charge in [-0.15, -0.1) is 0 Å². The molecule has 25 heteroatoms. The molecule has 0 fully saturated rings. The van der Waals surface area contributed by atoms with Crippen molar-refractivity contribution >= 4 is 88.2 Å². The van der Waals surface area contributed by atoms with E-state index in [2.05, 4.69) is 26.4 Å². The van der Waals surface area contributed by atoms with Crippen LogP contribution in [0.2, 0.25) is 0 Å². The number of hydrogen-bond acceptors (Lipinski definition) is 15. The minimum atomic E-state index is -5.08. The van der Waals surface area contributed by atoms with Gasteiger partial charge < -0.3 is 15.2 Å². The molecule has 18 nitrogen and oxygen atoms in total. The van der Waals surface area contributed by atoms with E-state index in [1.807, 2.05) is 30.3 Å². The number of methoxy groups -OCH3 is 1. The summed E-state index contributed by atoms with van der Waals surface area (Å²) in [7, 11) is -13.7. The second kappa shape index (κ2) is 21.9. The number of fused-ring (bicyclic) bond motifs is 2. The van der Waals surface area contributed by atoms with Crippen LogP contribution in [-0.4, -0.2) is 74.1 Å². The summed E-state index contributed by atoms with van der Waals surface area (Å²) < 4.78 is 108. The maximum absolute atomic E-state index is 13.5. The largest absolute Gasteiger partial charge is 1.00 e. The molecule has 5 aromatic rings. The van der Waals surface area contributed by atoms with Crippen molar-refractivity contribution in [2.45, 2.75) is 4.90 Å². The van der Waals surface area contributed by atoms with E-state index in [4.69, 9.17) is 4.74 Å². The molecular weight excluding hydrogens is 975 g/mol. The van der Waals surface area contributed by atoms with Crippen molar-refractivity contribution in [1.82, 2.24) is 0 Å². The molecule has 0 aromatic heterocycles. The number of rotatable bonds is 11. The fraction of sp³-hybridized carbons (Fsp3) is 0.0256. The zero-order valence-electron chi connectivity index (χ0n) is 33.9. The second-order valence-electron chi connectivity index (χ2n) is 12.9. The van der Waals surface area contributed by atoms with E-state index in [0.717, 1.165) is 30.0 Å². The van der Waals surface area contributed by atoms with E-state index in [0.29, 0.717) is 16.8 Å². The first-order valence-electron chi connectivity index (χ1n) is 17.1. The van der Waals surface area contributed by atoms with Crippen molar-refractivity contribution in [3.63, 3.8) is 0 Å². The molecule has 2 aliphatic rings. The van der Waals surface area contributed by atoms with E-state index >= 15 is 0 Å². The molecule has 64 heavy (non-hydrogen) atoms. The Morgan fingerprint density at radius 1 is 0.578 bits per heavy atom. The summed E-state index contributed by atoms with van der Waals surface area (Å²) in [5, 5.41) is 21.9. The van der Waals surface area contributed by atoms with Crippen LogP contribution in [0.5, 0.6) is 11.5 Å². The quantitative estimate of drug-likeness (QED) is 0.0298. The number of phenols is 1. The van der Waals surface area contributed by atoms with Crippen molar-refractivity contribution in [3.8, 4) is 22.6 Å². The number of para-hydroxylation sites is 1. The van der Waals surface area contributed by atoms with Crippen LogP contribution in [0.1, 0.15) is 31.8 Å². The third-order valence-electron chi connectivity index (χ3n) is 9.06. The van der Waals surface area contributed by atoms with E-state index in [1.54, 1.807) is 12.1 Å². The Bertz CT molecular complexity index is 3150. The van der Waals surface area contributed by atoms with Crippen LogP contribution >= 0.6 is 0 Å². The number of nitrogens with zero attached hydrogens (tertiary/aromatic N) is 2. The Morgan fingerprint density at radius 3 is 1.72 bits per heavy atom. The third-order valence-corrected chi connectivity index (χ3v) is 11.7. The van der Waals surface area contributed by atoms with Crippen LogP contribution < -0.4 is 110 Å². The SMILES string of the molecule is COc1cc(-c2ccc(NN=C3C(=O)c4ccc(Nc5ccccc5)cc4C=C3S(=O)(=O)O)c(O)c2)ccc1NN=C1C(=O)c2c(cccc2S(=O)(=O)O)C=C1S(=O)(=O)O.[Cu].[Na+].[Na+].[Na+]. The molecule has 0 atom stereocenters. The van der Waals surface area contributed by atoms with Gasteiger partial charge in [-0.05, 0) is 95.1 Å². The maximum Gasteiger partial charge on any atom is 1.00 e. The molecule has 0 unspecified atom stereocenters. The molecule has 0 saturated heterocycles. The summed E-state index contributed by atoms with van der Waals surface area (Å²) in [6.07, 6.45) is 1.94. The van der Waals surface area contributed by atoms with Crippen molar-refractivity contribution in [2.24, 2.45) is 10.2 Å². The van der Waals surface area contributed by atoms with Crippen LogP contribution in [0.4, 0.5) is 22.7 Å². The van der Waals surface area contributed by atoms with Gasteiger partial charge >= 0.3 is 88.7 Å². The van der Waals surface area contributed by atoms with Crippen LogP contribution in [0.25, 0.3) is 23.3 Å². The van der Waals surface area contributed by atoms with Crippen molar-refractivity contribution in [3.05, 3.63) is 135 Å². The van der Waals surface area contributed by atoms with Gasteiger partial charge in [-0.1, -0.05) is 42.5 Å². The number of allylic oxidation sites excluding steroid dienone is 2. The second-order valence-corrected chi connectivity index (χ2v) is 17.1. The number of phenolic OH excluding ortho intramolecular Hbond substituents is 1. The number of ketones is 2. The number of carbonyl (C=O) groups excluding carboxylic acids is 2. The van der Waals surface area contributed by atoms with Gasteiger partial charge in [-0.3, -0.25) is 34.1 Å². The molecule has 7 rings (SSSR count). The van der Waals surface area contributed by atoms with Gasteiger partial charge in [0, 0.05) is 34.0 Å². The van der Waals surface area contributed by atoms with Gasteiger partial charge in [0.1, 0.15) is 26.2 Å². The number of nitrogens with one attached hydrogen (secondary N) is 3. The average molecular weight is 1000 g/mol. The van der Waals surface area contributed by atoms with Gasteiger partial charge in [0.2, 0.25) is 11.6 Å². The summed E-state index contributed by atoms with van der Waals surface area (Å²) in [5.74, 6) is -2.37. The zero-order chi connectivity index (χ0) is 43.1. The first-order chi connectivity index (χ1) is 28.3. The molecule has 317 valence electrons. The Labute approximate surface area is 443 Å². The minimum absolute atomic E-state index is 0. The fourth-order valence-electron chi connectivity index (χ4n) is 6.28. The smallest absolute Gasteiger partial charge is 0.506 e. The minimum Gasteiger partial charge on any atom is -0.506 e. The summed E-state index contributed by atoms with van der Waals surface area (Å²) >= 11 is 0. The van der Waals surface area contributed by atoms with Crippen LogP contribution in [-0.2, 0) is 47.4 Å². The summed E-state index contributed by atoms with van der Waals surface area (Å²) in [5.41, 5.74) is 5.12. The number of aromatic hydroxyl groups is 1. The number of benzene rings is 5. The number of Topliss-reactive ketones (excluding diaryl/α,β-unsaturated/α-hetero) is 2. The van der Waals surface area contributed by atoms with Crippen molar-refractivity contribution in [2.75, 3.05) is 23.3 Å². The van der Waals surface area contributed by atoms with E-state index in [1.165, 1.54) is 55.6 Å². The number of anilines is 4. The van der Waals surface area contributed by atoms with Gasteiger partial charge in [-0.2, -0.15) is 35.5 Å². The normalized spacial score (nSPS) is 14.5. The topological polar surface area (TPSA) is 288 Å². The van der Waals surface area contributed by atoms with E-state index in [9.17, 15) is 53.6 Å². The monoisotopic (exact) mass is 1000 g/mol. The Balaban J connectivity index is 0.00000272. The van der Waals surface area contributed by atoms with Gasteiger partial charge in [0.05, 0.1) is 24.0 Å². The van der Waals surface area contributed by atoms with Crippen molar-refractivity contribution in [1.29, 1.82) is 0 Å². The summed E-state index contributed by atoms with van der Waals surface area (Å²) in [6, 6.07) is 25.7. The number of hydrogen-bond donors (Lipinski definition) is 7. The van der Waals surface area contributed by atoms with Gasteiger partial charge in [-0.25, -0.2) is 0 Å². The molecule has 0 bridgehead atoms. The molecule has 0 amide bonds. The molecule has 0 saturated carbocycles. The molecule has 0 aliphatic heterocycles. The molecule has 2 aliphatic carbocycles. The first-order valence-corrected chi connectivity index (χ1v) is 21.4. The van der Waals surface area contributed by atoms with Gasteiger partial charge in [0.15, 0.2) is 11.4 Å². The predicted molar refractivity (Wildman–Crippen MR) is 222 cm³/mol. The molecule has 0 heterocycles. The van der Waals surface area contributed by atoms with Crippen LogP contribution in [0, 0.1) is 0 Å². The fourth-order valence-corrected chi connectivity index (χ4v) is 8.31. The molecule has 5 aromatic carbocycles. The number of hydrazone groups is 2. The average Bonchev–Trinajstić information content (AvgIpc) is 3.19. The third kappa shape index (κ3) is 11.9. The van der Waals surface area contributed by atoms with E-state index in [-0.39, 0.29) is 140 Å². The molecule has 1 radical (unpaired) electrons. The van der Waals surface area contributed by atoms with Crippen molar-refractivity contribution < 1.29 is 164 Å². The van der Waals surface area contributed by atoms with Crippen LogP contribution in [0.3, 0.4) is 0 Å². The Morgan fingerprint density at radius 2 is 1.14 bits per heavy atom. The molecular formula is C39H29CuN5Na3O13S3+3. The van der Waals surface area contributed by atoms with E-state index < -0.39 is 79.4 Å². The standard InChI is InChI=1S/C39H29N5O13S3.Cu.3Na/c1-57-31-18-22(11-15-29(31)42-44-37-33(59(51,52)53)19-23-6-5-9-32(58(48,49)50)35(23)39(37)47)21-10-14-28(30(45)17-21)41-43-36-34(60(54,55)56)20-24-16-26(12-13-27(24)38(36)46)40-25-7-3-2-4-8-25;;;;/h2-20,40-42,45H,1H3,(H,48,49,50)(H,51,52,53)(H,54,55,56);;;;/q;;3*+1. The van der Waals surface area contributed by atoms with Crippen LogP contribution in [0.15, 0.2) is 128 Å². The summed E-state index contributed by atoms with van der Waals surface area (Å²) in [6.45, 7) is 0. The summed E-state index contributed by atoms with van der Waals surface area (Å²) in [4.78, 5) is 24.4. The molecule has 0 spiro atoms. The predicted octanol–water partition coefficient (Wildman–Crippen LogP) is -3.15. The Hall–Kier alpha value is -3.49. The number of ether oxygens (including phenoxy) is 1. The maximum atomic E-state index is 13.5. The number of carbonyl (C=O) groups is 2. The molecule has 7 N–H and O–H groups in total.